The smallest absolute Gasteiger partial charge is 0.220 e. The van der Waals surface area contributed by atoms with Gasteiger partial charge in [0.05, 0.1) is 45.3 Å². The molecule has 1 unspecified atom stereocenters. The van der Waals surface area contributed by atoms with E-state index in [1.807, 2.05) is 12.1 Å². The van der Waals surface area contributed by atoms with Crippen LogP contribution in [0.4, 0.5) is 5.69 Å². The number of carbonyl (C=O) groups excluding carboxylic acids is 1. The molecule has 1 amide bonds. The molecule has 1 aliphatic carbocycles. The highest BCUT2D eigenvalue weighted by Crippen LogP contribution is 2.52. The summed E-state index contributed by atoms with van der Waals surface area (Å²) in [7, 11) is 3.43. The number of nitrogens with zero attached hydrogens (tertiary/aromatic N) is 1. The minimum absolute atomic E-state index is 0.0425. The lowest BCUT2D eigenvalue weighted by Gasteiger charge is -2.39. The average molecular weight is 580 g/mol. The van der Waals surface area contributed by atoms with Gasteiger partial charge in [-0.15, -0.1) is 0 Å². The maximum Gasteiger partial charge on any atom is 0.220 e. The summed E-state index contributed by atoms with van der Waals surface area (Å²) in [5.41, 5.74) is 3.45. The van der Waals surface area contributed by atoms with Gasteiger partial charge in [0.1, 0.15) is 18.1 Å². The van der Waals surface area contributed by atoms with Gasteiger partial charge in [0, 0.05) is 52.2 Å². The molecule has 228 valence electrons. The highest BCUT2D eigenvalue weighted by molar-refractivity contribution is 5.76. The number of amides is 1. The SMILES string of the molecule is COCCCN1CCOc2ccc(CO[C@H]3CNC[C@@H](CNC(=O)CC4[C@H]5COC[C@@H]45)[C@@H]3c3ccc(OC)cc3)cc21. The third-order valence-corrected chi connectivity index (χ3v) is 9.50. The van der Waals surface area contributed by atoms with Gasteiger partial charge in [-0.2, -0.15) is 0 Å². The Bertz CT molecular complexity index is 1180. The summed E-state index contributed by atoms with van der Waals surface area (Å²) in [6, 6.07) is 14.7. The molecule has 6 rings (SSSR count). The summed E-state index contributed by atoms with van der Waals surface area (Å²) in [4.78, 5) is 15.3. The molecule has 0 spiro atoms. The standard InChI is InChI=1S/C33H45N3O6/c1-38-12-3-10-36-11-13-41-30-9-4-22(14-29(30)36)19-42-31-18-34-16-24(33(31)23-5-7-25(39-2)8-6-23)17-35-32(37)15-26-27-20-40-21-28(26)27/h4-9,14,24,26-28,31,33-34H,3,10-13,15-21H2,1-2H3,(H,35,37)/t24-,26?,27-,28+,31-,33-/m0/s1. The van der Waals surface area contributed by atoms with Gasteiger partial charge in [0.2, 0.25) is 5.91 Å². The van der Waals surface area contributed by atoms with Gasteiger partial charge < -0.3 is 39.2 Å². The van der Waals surface area contributed by atoms with Gasteiger partial charge in [-0.1, -0.05) is 18.2 Å². The van der Waals surface area contributed by atoms with Gasteiger partial charge in [-0.3, -0.25) is 4.79 Å². The van der Waals surface area contributed by atoms with Crippen molar-refractivity contribution in [3.8, 4) is 11.5 Å². The Hall–Kier alpha value is -2.85. The Morgan fingerprint density at radius 2 is 1.93 bits per heavy atom. The summed E-state index contributed by atoms with van der Waals surface area (Å²) >= 11 is 0. The molecular weight excluding hydrogens is 534 g/mol. The van der Waals surface area contributed by atoms with Crippen molar-refractivity contribution >= 4 is 11.6 Å². The van der Waals surface area contributed by atoms with Crippen molar-refractivity contribution in [2.24, 2.45) is 23.7 Å². The topological polar surface area (TPSA) is 90.5 Å². The second-order valence-corrected chi connectivity index (χ2v) is 12.1. The van der Waals surface area contributed by atoms with Crippen LogP contribution in [0.2, 0.25) is 0 Å². The van der Waals surface area contributed by atoms with Crippen LogP contribution in [0.1, 0.15) is 29.9 Å². The predicted molar refractivity (Wildman–Crippen MR) is 160 cm³/mol. The van der Waals surface area contributed by atoms with E-state index in [1.54, 1.807) is 14.2 Å². The first-order chi connectivity index (χ1) is 20.6. The molecule has 1 saturated carbocycles. The Kier molecular flexibility index (Phi) is 9.49. The number of hydrogen-bond acceptors (Lipinski definition) is 8. The molecule has 0 bridgehead atoms. The molecule has 2 aromatic rings. The van der Waals surface area contributed by atoms with E-state index in [2.05, 4.69) is 45.9 Å². The van der Waals surface area contributed by atoms with Crippen molar-refractivity contribution in [1.29, 1.82) is 0 Å². The summed E-state index contributed by atoms with van der Waals surface area (Å²) in [6.45, 7) is 7.58. The second-order valence-electron chi connectivity index (χ2n) is 12.1. The van der Waals surface area contributed by atoms with Crippen LogP contribution in [0.15, 0.2) is 42.5 Å². The highest BCUT2D eigenvalue weighted by Gasteiger charge is 2.54. The Morgan fingerprint density at radius 1 is 1.10 bits per heavy atom. The molecule has 42 heavy (non-hydrogen) atoms. The lowest BCUT2D eigenvalue weighted by atomic mass is 9.79. The number of methoxy groups -OCH3 is 2. The molecule has 3 fully saturated rings. The van der Waals surface area contributed by atoms with Crippen LogP contribution < -0.4 is 25.0 Å². The van der Waals surface area contributed by atoms with E-state index in [1.165, 1.54) is 5.56 Å². The summed E-state index contributed by atoms with van der Waals surface area (Å²) in [6.07, 6.45) is 1.54. The minimum Gasteiger partial charge on any atom is -0.497 e. The fraction of sp³-hybridized carbons (Fsp3) is 0.606. The number of hydrogen-bond donors (Lipinski definition) is 2. The molecule has 3 heterocycles. The van der Waals surface area contributed by atoms with Crippen LogP contribution in [0.3, 0.4) is 0 Å². The monoisotopic (exact) mass is 579 g/mol. The van der Waals surface area contributed by atoms with Crippen molar-refractivity contribution in [3.63, 3.8) is 0 Å². The van der Waals surface area contributed by atoms with E-state index < -0.39 is 0 Å². The zero-order valence-corrected chi connectivity index (χ0v) is 24.9. The van der Waals surface area contributed by atoms with Crippen LogP contribution in [0.25, 0.3) is 0 Å². The van der Waals surface area contributed by atoms with E-state index >= 15 is 0 Å². The number of piperidine rings is 1. The van der Waals surface area contributed by atoms with E-state index in [9.17, 15) is 4.79 Å². The zero-order chi connectivity index (χ0) is 28.9. The quantitative estimate of drug-likeness (QED) is 0.350. The number of benzene rings is 2. The molecule has 2 saturated heterocycles. The molecule has 4 aliphatic rings. The summed E-state index contributed by atoms with van der Waals surface area (Å²) in [5, 5.41) is 6.84. The minimum atomic E-state index is -0.0425. The zero-order valence-electron chi connectivity index (χ0n) is 24.9. The second kappa shape index (κ2) is 13.6. The fourth-order valence-electron chi connectivity index (χ4n) is 7.08. The number of ether oxygens (including phenoxy) is 5. The maximum atomic E-state index is 12.9. The molecule has 6 atom stereocenters. The van der Waals surface area contributed by atoms with Crippen molar-refractivity contribution in [1.82, 2.24) is 10.6 Å². The molecule has 2 N–H and O–H groups in total. The van der Waals surface area contributed by atoms with Gasteiger partial charge in [0.15, 0.2) is 0 Å². The molecular formula is C33H45N3O6. The maximum absolute atomic E-state index is 12.9. The fourth-order valence-corrected chi connectivity index (χ4v) is 7.08. The molecule has 3 aliphatic heterocycles. The Labute approximate surface area is 249 Å². The Balaban J connectivity index is 1.12. The van der Waals surface area contributed by atoms with Gasteiger partial charge in [-0.05, 0) is 65.5 Å². The largest absolute Gasteiger partial charge is 0.497 e. The van der Waals surface area contributed by atoms with Crippen molar-refractivity contribution in [2.75, 3.05) is 78.3 Å². The first-order valence-electron chi connectivity index (χ1n) is 15.4. The molecule has 9 nitrogen and oxygen atoms in total. The van der Waals surface area contributed by atoms with E-state index in [4.69, 9.17) is 23.7 Å². The molecule has 2 aromatic carbocycles. The average Bonchev–Trinajstić information content (AvgIpc) is 3.41. The normalized spacial score (nSPS) is 28.0. The van der Waals surface area contributed by atoms with Gasteiger partial charge in [-0.25, -0.2) is 0 Å². The van der Waals surface area contributed by atoms with Gasteiger partial charge in [0.25, 0.3) is 0 Å². The predicted octanol–water partition coefficient (Wildman–Crippen LogP) is 3.22. The van der Waals surface area contributed by atoms with Crippen LogP contribution in [0.5, 0.6) is 11.5 Å². The van der Waals surface area contributed by atoms with Crippen molar-refractivity contribution < 1.29 is 28.5 Å². The number of nitrogens with one attached hydrogen (secondary N) is 2. The van der Waals surface area contributed by atoms with Crippen molar-refractivity contribution in [2.45, 2.75) is 31.5 Å². The number of fused-ring (bicyclic) bond motifs is 2. The van der Waals surface area contributed by atoms with E-state index in [-0.39, 0.29) is 23.8 Å². The molecule has 9 heteroatoms. The van der Waals surface area contributed by atoms with Crippen LogP contribution in [0, 0.1) is 23.7 Å². The first-order valence-corrected chi connectivity index (χ1v) is 15.4. The highest BCUT2D eigenvalue weighted by atomic mass is 16.5. The first kappa shape index (κ1) is 29.2. The van der Waals surface area contributed by atoms with E-state index in [0.29, 0.717) is 43.9 Å². The van der Waals surface area contributed by atoms with Gasteiger partial charge >= 0.3 is 0 Å². The van der Waals surface area contributed by atoms with Crippen LogP contribution in [-0.4, -0.2) is 85.4 Å². The summed E-state index contributed by atoms with van der Waals surface area (Å²) in [5.74, 6) is 3.92. The number of carbonyl (C=O) groups is 1. The van der Waals surface area contributed by atoms with E-state index in [0.717, 1.165) is 75.2 Å². The third-order valence-electron chi connectivity index (χ3n) is 9.50. The van der Waals surface area contributed by atoms with Crippen LogP contribution in [-0.2, 0) is 25.6 Å². The Morgan fingerprint density at radius 3 is 2.71 bits per heavy atom. The lowest BCUT2D eigenvalue weighted by molar-refractivity contribution is -0.122. The third kappa shape index (κ3) is 6.70. The number of rotatable bonds is 13. The number of anilines is 1. The molecule has 0 radical (unpaired) electrons. The van der Waals surface area contributed by atoms with Crippen LogP contribution >= 0.6 is 0 Å². The lowest BCUT2D eigenvalue weighted by Crippen LogP contribution is -2.50. The molecule has 0 aromatic heterocycles. The van der Waals surface area contributed by atoms with Crippen molar-refractivity contribution in [3.05, 3.63) is 53.6 Å². The summed E-state index contributed by atoms with van der Waals surface area (Å²) < 4.78 is 28.8.